The third-order valence-corrected chi connectivity index (χ3v) is 4.28. The minimum atomic E-state index is -1.03. The Morgan fingerprint density at radius 1 is 1.22 bits per heavy atom. The first-order valence-electron chi connectivity index (χ1n) is 8.55. The first kappa shape index (κ1) is 18.6. The van der Waals surface area contributed by atoms with E-state index >= 15 is 0 Å². The Hall–Kier alpha value is -3.22. The molecule has 2 aromatic rings. The van der Waals surface area contributed by atoms with Gasteiger partial charge in [-0.15, -0.1) is 0 Å². The van der Waals surface area contributed by atoms with E-state index in [-0.39, 0.29) is 30.8 Å². The minimum Gasteiger partial charge on any atom is -0.461 e. The number of nitrogens with one attached hydrogen (secondary N) is 1. The molecule has 1 amide bonds. The van der Waals surface area contributed by atoms with Crippen LogP contribution < -0.4 is 5.56 Å². The zero-order chi connectivity index (χ0) is 19.6. The summed E-state index contributed by atoms with van der Waals surface area (Å²) in [7, 11) is 0. The molecule has 0 radical (unpaired) electrons. The monoisotopic (exact) mass is 370 g/mol. The van der Waals surface area contributed by atoms with Gasteiger partial charge in [-0.25, -0.2) is 4.79 Å². The van der Waals surface area contributed by atoms with Crippen molar-refractivity contribution < 1.29 is 18.7 Å². The van der Waals surface area contributed by atoms with Gasteiger partial charge < -0.3 is 14.6 Å². The Morgan fingerprint density at radius 2 is 1.96 bits per heavy atom. The maximum Gasteiger partial charge on any atom is 0.367 e. The van der Waals surface area contributed by atoms with Crippen LogP contribution in [0.15, 0.2) is 52.6 Å². The molecule has 1 aromatic heterocycles. The number of pyridine rings is 1. The third kappa shape index (κ3) is 3.81. The maximum absolute atomic E-state index is 13.8. The molecule has 0 bridgehead atoms. The molecule has 27 heavy (non-hydrogen) atoms. The van der Waals surface area contributed by atoms with Gasteiger partial charge in [0.15, 0.2) is 0 Å². The summed E-state index contributed by atoms with van der Waals surface area (Å²) in [5, 5.41) is 0. The third-order valence-electron chi connectivity index (χ3n) is 4.28. The topological polar surface area (TPSA) is 79.5 Å². The molecule has 2 heterocycles. The van der Waals surface area contributed by atoms with Crippen molar-refractivity contribution in [3.05, 3.63) is 69.3 Å². The molecule has 6 nitrogen and oxygen atoms in total. The Bertz CT molecular complexity index is 985. The molecule has 0 unspecified atom stereocenters. The average molecular weight is 370 g/mol. The number of carbonyl (C=O) groups excluding carboxylic acids is 2. The number of likely N-dealkylation sites (tertiary alicyclic amines) is 1. The molecule has 1 aliphatic rings. The van der Waals surface area contributed by atoms with E-state index in [2.05, 4.69) is 9.72 Å². The van der Waals surface area contributed by atoms with Crippen LogP contribution in [-0.2, 0) is 9.53 Å². The first-order chi connectivity index (χ1) is 12.9. The quantitative estimate of drug-likeness (QED) is 0.663. The number of carbonyl (C=O) groups is 2. The lowest BCUT2D eigenvalue weighted by Crippen LogP contribution is -2.47. The Balaban J connectivity index is 1.75. The fourth-order valence-corrected chi connectivity index (χ4v) is 2.83. The van der Waals surface area contributed by atoms with Crippen molar-refractivity contribution in [3.63, 3.8) is 0 Å². The smallest absolute Gasteiger partial charge is 0.367 e. The van der Waals surface area contributed by atoms with E-state index in [9.17, 15) is 18.8 Å². The number of aryl methyl sites for hydroxylation is 1. The fourth-order valence-electron chi connectivity index (χ4n) is 2.83. The van der Waals surface area contributed by atoms with Gasteiger partial charge in [0.2, 0.25) is 5.83 Å². The molecule has 3 rings (SSSR count). The van der Waals surface area contributed by atoms with Gasteiger partial charge in [-0.05, 0) is 37.6 Å². The molecular weight excluding hydrogens is 351 g/mol. The first-order valence-corrected chi connectivity index (χ1v) is 8.55. The number of halogens is 1. The highest BCUT2D eigenvalue weighted by Gasteiger charge is 2.32. The summed E-state index contributed by atoms with van der Waals surface area (Å²) in [6.07, 6.45) is 0. The summed E-state index contributed by atoms with van der Waals surface area (Å²) in [4.78, 5) is 40.2. The van der Waals surface area contributed by atoms with Gasteiger partial charge in [0.1, 0.15) is 5.56 Å². The number of H-pyrrole nitrogens is 1. The molecular formula is C20H19FN2O4. The second-order valence-corrected chi connectivity index (χ2v) is 6.28. The van der Waals surface area contributed by atoms with E-state index in [0.717, 1.165) is 11.1 Å². The van der Waals surface area contributed by atoms with Crippen molar-refractivity contribution >= 4 is 11.9 Å². The number of ether oxygens (including phenoxy) is 1. The molecule has 1 saturated heterocycles. The van der Waals surface area contributed by atoms with Crippen LogP contribution in [0.2, 0.25) is 0 Å². The van der Waals surface area contributed by atoms with Gasteiger partial charge >= 0.3 is 5.97 Å². The zero-order valence-corrected chi connectivity index (χ0v) is 15.0. The molecule has 0 aliphatic carbocycles. The SMILES string of the molecule is CCOC(=O)C(F)=C1CN(C(=O)c2ccc(-c3cccc(C)c3)[nH]c2=O)C1. The van der Waals surface area contributed by atoms with Crippen molar-refractivity contribution in [3.8, 4) is 11.3 Å². The molecule has 0 saturated carbocycles. The van der Waals surface area contributed by atoms with E-state index in [1.165, 1.54) is 11.0 Å². The number of nitrogens with zero attached hydrogens (tertiary/aromatic N) is 1. The highest BCUT2D eigenvalue weighted by Crippen LogP contribution is 2.23. The van der Waals surface area contributed by atoms with Crippen LogP contribution >= 0.6 is 0 Å². The van der Waals surface area contributed by atoms with Crippen molar-refractivity contribution in [2.45, 2.75) is 13.8 Å². The van der Waals surface area contributed by atoms with Gasteiger partial charge in [0, 0.05) is 24.4 Å². The molecule has 0 spiro atoms. The summed E-state index contributed by atoms with van der Waals surface area (Å²) in [6.45, 7) is 3.53. The Kier molecular flexibility index (Phi) is 5.21. The summed E-state index contributed by atoms with van der Waals surface area (Å²) >= 11 is 0. The lowest BCUT2D eigenvalue weighted by Gasteiger charge is -2.33. The number of rotatable bonds is 4. The molecule has 1 fully saturated rings. The largest absolute Gasteiger partial charge is 0.461 e. The predicted molar refractivity (Wildman–Crippen MR) is 97.9 cm³/mol. The molecule has 1 N–H and O–H groups in total. The summed E-state index contributed by atoms with van der Waals surface area (Å²) in [5.74, 6) is -2.50. The van der Waals surface area contributed by atoms with Crippen LogP contribution in [0.5, 0.6) is 0 Å². The molecule has 7 heteroatoms. The van der Waals surface area contributed by atoms with Crippen LogP contribution in [0.25, 0.3) is 11.3 Å². The second-order valence-electron chi connectivity index (χ2n) is 6.28. The van der Waals surface area contributed by atoms with E-state index in [1.807, 2.05) is 31.2 Å². The number of aromatic nitrogens is 1. The summed E-state index contributed by atoms with van der Waals surface area (Å²) < 4.78 is 18.4. The number of aromatic amines is 1. The highest BCUT2D eigenvalue weighted by molar-refractivity contribution is 5.96. The zero-order valence-electron chi connectivity index (χ0n) is 15.0. The molecule has 1 aliphatic heterocycles. The van der Waals surface area contributed by atoms with Gasteiger partial charge in [-0.1, -0.05) is 23.8 Å². The number of amides is 1. The highest BCUT2D eigenvalue weighted by atomic mass is 19.1. The van der Waals surface area contributed by atoms with Gasteiger partial charge in [0.25, 0.3) is 11.5 Å². The van der Waals surface area contributed by atoms with Crippen molar-refractivity contribution in [2.75, 3.05) is 19.7 Å². The van der Waals surface area contributed by atoms with Gasteiger partial charge in [0.05, 0.1) is 6.61 Å². The van der Waals surface area contributed by atoms with Crippen LogP contribution in [0.4, 0.5) is 4.39 Å². The maximum atomic E-state index is 13.8. The average Bonchev–Trinajstić information content (AvgIpc) is 2.60. The van der Waals surface area contributed by atoms with Crippen LogP contribution in [-0.4, -0.2) is 41.5 Å². The fraction of sp³-hybridized carbons (Fsp3) is 0.250. The Morgan fingerprint density at radius 3 is 2.59 bits per heavy atom. The standard InChI is InChI=1S/C20H19FN2O4/c1-3-27-20(26)17(21)14-10-23(11-14)19(25)15-7-8-16(22-18(15)24)13-6-4-5-12(2)9-13/h4-9H,3,10-11H2,1-2H3,(H,22,24). The van der Waals surface area contributed by atoms with E-state index in [1.54, 1.807) is 13.0 Å². The van der Waals surface area contributed by atoms with Gasteiger partial charge in [-0.2, -0.15) is 4.39 Å². The number of hydrogen-bond donors (Lipinski definition) is 1. The number of benzene rings is 1. The lowest BCUT2D eigenvalue weighted by molar-refractivity contribution is -0.140. The Labute approximate surface area is 155 Å². The van der Waals surface area contributed by atoms with Crippen LogP contribution in [0, 0.1) is 6.92 Å². The van der Waals surface area contributed by atoms with Crippen molar-refractivity contribution in [1.29, 1.82) is 0 Å². The van der Waals surface area contributed by atoms with Crippen molar-refractivity contribution in [1.82, 2.24) is 9.88 Å². The number of hydrogen-bond acceptors (Lipinski definition) is 4. The summed E-state index contributed by atoms with van der Waals surface area (Å²) in [6, 6.07) is 10.8. The van der Waals surface area contributed by atoms with E-state index in [4.69, 9.17) is 0 Å². The normalized spacial score (nSPS) is 13.1. The molecule has 0 atom stereocenters. The lowest BCUT2D eigenvalue weighted by atomic mass is 10.0. The van der Waals surface area contributed by atoms with Crippen LogP contribution in [0.3, 0.4) is 0 Å². The van der Waals surface area contributed by atoms with Gasteiger partial charge in [-0.3, -0.25) is 9.59 Å². The van der Waals surface area contributed by atoms with Crippen LogP contribution in [0.1, 0.15) is 22.8 Å². The van der Waals surface area contributed by atoms with E-state index in [0.29, 0.717) is 5.69 Å². The summed E-state index contributed by atoms with van der Waals surface area (Å²) in [5.41, 5.74) is 2.16. The van der Waals surface area contributed by atoms with Crippen molar-refractivity contribution in [2.24, 2.45) is 0 Å². The predicted octanol–water partition coefficient (Wildman–Crippen LogP) is 2.59. The molecule has 140 valence electrons. The molecule has 1 aromatic carbocycles. The second kappa shape index (κ2) is 7.57. The number of esters is 1. The minimum absolute atomic E-state index is 0.0259. The van der Waals surface area contributed by atoms with E-state index < -0.39 is 23.3 Å².